The highest BCUT2D eigenvalue weighted by Crippen LogP contribution is 2.26. The molecule has 0 radical (unpaired) electrons. The first kappa shape index (κ1) is 14.6. The van der Waals surface area contributed by atoms with Crippen molar-refractivity contribution in [3.63, 3.8) is 0 Å². The number of aryl methyl sites for hydroxylation is 1. The van der Waals surface area contributed by atoms with E-state index in [2.05, 4.69) is 33.0 Å². The molecule has 0 aliphatic carbocycles. The van der Waals surface area contributed by atoms with Crippen molar-refractivity contribution in [2.45, 2.75) is 34.6 Å². The summed E-state index contributed by atoms with van der Waals surface area (Å²) in [6.45, 7) is 11.4. The molecule has 0 heterocycles. The van der Waals surface area contributed by atoms with Crippen LogP contribution in [0.4, 0.5) is 5.69 Å². The number of carbonyl (C=O) groups is 1. The Morgan fingerprint density at radius 2 is 2.00 bits per heavy atom. The fourth-order valence-corrected chi connectivity index (χ4v) is 1.56. The summed E-state index contributed by atoms with van der Waals surface area (Å²) in [5.74, 6) is -0.426. The van der Waals surface area contributed by atoms with Gasteiger partial charge < -0.3 is 10.4 Å². The molecule has 18 heavy (non-hydrogen) atoms. The Morgan fingerprint density at radius 3 is 2.50 bits per heavy atom. The van der Waals surface area contributed by atoms with Crippen LogP contribution in [0.2, 0.25) is 0 Å². The van der Waals surface area contributed by atoms with Crippen molar-refractivity contribution in [3.05, 3.63) is 29.3 Å². The SMILES string of the molecule is Cc1ccc(NCC(C)C(C)(C)C)c(C(=O)O)c1. The number of benzene rings is 1. The monoisotopic (exact) mass is 249 g/mol. The molecule has 3 heteroatoms. The van der Waals surface area contributed by atoms with E-state index in [1.807, 2.05) is 19.1 Å². The zero-order chi connectivity index (χ0) is 13.9. The van der Waals surface area contributed by atoms with Crippen molar-refractivity contribution >= 4 is 11.7 Å². The van der Waals surface area contributed by atoms with Crippen LogP contribution in [0.15, 0.2) is 18.2 Å². The Kier molecular flexibility index (Phi) is 4.38. The number of carboxylic acids is 1. The minimum Gasteiger partial charge on any atom is -0.478 e. The molecule has 0 saturated heterocycles. The second-order valence-corrected chi connectivity index (χ2v) is 6.00. The van der Waals surface area contributed by atoms with Gasteiger partial charge in [0.05, 0.1) is 5.56 Å². The number of anilines is 1. The molecule has 1 rings (SSSR count). The van der Waals surface area contributed by atoms with Crippen molar-refractivity contribution in [2.24, 2.45) is 11.3 Å². The summed E-state index contributed by atoms with van der Waals surface area (Å²) in [6, 6.07) is 5.47. The molecular weight excluding hydrogens is 226 g/mol. The Hall–Kier alpha value is -1.51. The second kappa shape index (κ2) is 5.42. The lowest BCUT2D eigenvalue weighted by molar-refractivity contribution is 0.0698. The average molecular weight is 249 g/mol. The van der Waals surface area contributed by atoms with Crippen molar-refractivity contribution in [1.82, 2.24) is 0 Å². The van der Waals surface area contributed by atoms with Crippen molar-refractivity contribution in [3.8, 4) is 0 Å². The molecule has 1 unspecified atom stereocenters. The Bertz CT molecular complexity index is 433. The quantitative estimate of drug-likeness (QED) is 0.853. The first-order valence-electron chi connectivity index (χ1n) is 6.29. The summed E-state index contributed by atoms with van der Waals surface area (Å²) in [6.07, 6.45) is 0. The van der Waals surface area contributed by atoms with Crippen LogP contribution in [0, 0.1) is 18.3 Å². The van der Waals surface area contributed by atoms with Gasteiger partial charge in [0.1, 0.15) is 0 Å². The molecule has 0 aromatic heterocycles. The topological polar surface area (TPSA) is 49.3 Å². The zero-order valence-electron chi connectivity index (χ0n) is 11.9. The van der Waals surface area contributed by atoms with E-state index in [9.17, 15) is 9.90 Å². The van der Waals surface area contributed by atoms with E-state index in [1.165, 1.54) is 0 Å². The molecule has 0 spiro atoms. The van der Waals surface area contributed by atoms with Crippen molar-refractivity contribution in [1.29, 1.82) is 0 Å². The number of hydrogen-bond donors (Lipinski definition) is 2. The summed E-state index contributed by atoms with van der Waals surface area (Å²) in [4.78, 5) is 11.2. The summed E-state index contributed by atoms with van der Waals surface area (Å²) in [5.41, 5.74) is 2.21. The number of hydrogen-bond acceptors (Lipinski definition) is 2. The summed E-state index contributed by atoms with van der Waals surface area (Å²) in [7, 11) is 0. The van der Waals surface area contributed by atoms with Gasteiger partial charge in [0, 0.05) is 12.2 Å². The molecule has 1 atom stereocenters. The van der Waals surface area contributed by atoms with Gasteiger partial charge in [-0.25, -0.2) is 4.79 Å². The summed E-state index contributed by atoms with van der Waals surface area (Å²) < 4.78 is 0. The lowest BCUT2D eigenvalue weighted by Gasteiger charge is -2.28. The molecule has 0 aliphatic heterocycles. The first-order valence-corrected chi connectivity index (χ1v) is 6.29. The van der Waals surface area contributed by atoms with E-state index < -0.39 is 5.97 Å². The predicted octanol–water partition coefficient (Wildman–Crippen LogP) is 3.79. The van der Waals surface area contributed by atoms with Crippen LogP contribution < -0.4 is 5.32 Å². The molecule has 100 valence electrons. The zero-order valence-corrected chi connectivity index (χ0v) is 11.9. The van der Waals surface area contributed by atoms with Crippen LogP contribution in [-0.4, -0.2) is 17.6 Å². The van der Waals surface area contributed by atoms with Gasteiger partial charge in [-0.2, -0.15) is 0 Å². The highest BCUT2D eigenvalue weighted by Gasteiger charge is 2.20. The number of rotatable bonds is 4. The molecule has 0 fully saturated rings. The molecular formula is C15H23NO2. The maximum atomic E-state index is 11.2. The minimum absolute atomic E-state index is 0.209. The first-order chi connectivity index (χ1) is 8.21. The normalized spacial score (nSPS) is 13.2. The highest BCUT2D eigenvalue weighted by molar-refractivity contribution is 5.94. The van der Waals surface area contributed by atoms with Gasteiger partial charge in [-0.05, 0) is 30.4 Å². The van der Waals surface area contributed by atoms with Gasteiger partial charge in [-0.3, -0.25) is 0 Å². The maximum absolute atomic E-state index is 11.2. The Balaban J connectivity index is 2.82. The molecule has 0 saturated carbocycles. The molecule has 2 N–H and O–H groups in total. The molecule has 0 aliphatic rings. The van der Waals surface area contributed by atoms with Gasteiger partial charge in [-0.15, -0.1) is 0 Å². The largest absolute Gasteiger partial charge is 0.478 e. The van der Waals surface area contributed by atoms with Crippen LogP contribution in [0.1, 0.15) is 43.6 Å². The van der Waals surface area contributed by atoms with Gasteiger partial charge in [0.2, 0.25) is 0 Å². The van der Waals surface area contributed by atoms with E-state index in [0.717, 1.165) is 12.1 Å². The van der Waals surface area contributed by atoms with E-state index in [0.29, 0.717) is 17.2 Å². The van der Waals surface area contributed by atoms with Crippen LogP contribution >= 0.6 is 0 Å². The van der Waals surface area contributed by atoms with Crippen molar-refractivity contribution in [2.75, 3.05) is 11.9 Å². The summed E-state index contributed by atoms with van der Waals surface area (Å²) in [5, 5.41) is 12.4. The smallest absolute Gasteiger partial charge is 0.337 e. The van der Waals surface area contributed by atoms with E-state index >= 15 is 0 Å². The van der Waals surface area contributed by atoms with E-state index in [1.54, 1.807) is 6.07 Å². The van der Waals surface area contributed by atoms with Crippen LogP contribution in [-0.2, 0) is 0 Å². The molecule has 1 aromatic rings. The third-order valence-corrected chi connectivity index (χ3v) is 3.48. The summed E-state index contributed by atoms with van der Waals surface area (Å²) >= 11 is 0. The fourth-order valence-electron chi connectivity index (χ4n) is 1.56. The van der Waals surface area contributed by atoms with Gasteiger partial charge >= 0.3 is 5.97 Å². The standard InChI is InChI=1S/C15H23NO2/c1-10-6-7-13(12(8-10)14(17)18)16-9-11(2)15(3,4)5/h6-8,11,16H,9H2,1-5H3,(H,17,18). The number of carboxylic acid groups (broad SMARTS) is 1. The molecule has 1 aromatic carbocycles. The average Bonchev–Trinajstić information content (AvgIpc) is 2.25. The van der Waals surface area contributed by atoms with Crippen LogP contribution in [0.25, 0.3) is 0 Å². The lowest BCUT2D eigenvalue weighted by atomic mass is 9.82. The molecule has 0 bridgehead atoms. The van der Waals surface area contributed by atoms with Gasteiger partial charge in [0.15, 0.2) is 0 Å². The predicted molar refractivity (Wildman–Crippen MR) is 75.2 cm³/mol. The maximum Gasteiger partial charge on any atom is 0.337 e. The van der Waals surface area contributed by atoms with E-state index in [4.69, 9.17) is 0 Å². The van der Waals surface area contributed by atoms with Crippen LogP contribution in [0.5, 0.6) is 0 Å². The second-order valence-electron chi connectivity index (χ2n) is 6.00. The number of nitrogens with one attached hydrogen (secondary N) is 1. The third kappa shape index (κ3) is 3.76. The molecule has 0 amide bonds. The fraction of sp³-hybridized carbons (Fsp3) is 0.533. The van der Waals surface area contributed by atoms with Gasteiger partial charge in [0.25, 0.3) is 0 Å². The molecule has 3 nitrogen and oxygen atoms in total. The van der Waals surface area contributed by atoms with E-state index in [-0.39, 0.29) is 5.41 Å². The van der Waals surface area contributed by atoms with Gasteiger partial charge in [-0.1, -0.05) is 39.3 Å². The Labute approximate surface area is 109 Å². The Morgan fingerprint density at radius 1 is 1.39 bits per heavy atom. The van der Waals surface area contributed by atoms with Crippen molar-refractivity contribution < 1.29 is 9.90 Å². The minimum atomic E-state index is -0.885. The third-order valence-electron chi connectivity index (χ3n) is 3.48. The lowest BCUT2D eigenvalue weighted by Crippen LogP contribution is -2.25. The highest BCUT2D eigenvalue weighted by atomic mass is 16.4. The number of aromatic carboxylic acids is 1. The van der Waals surface area contributed by atoms with Crippen LogP contribution in [0.3, 0.4) is 0 Å².